The van der Waals surface area contributed by atoms with Gasteiger partial charge < -0.3 is 4.74 Å². The monoisotopic (exact) mass is 282 g/mol. The summed E-state index contributed by atoms with van der Waals surface area (Å²) in [5, 5.41) is 13.9. The van der Waals surface area contributed by atoms with Gasteiger partial charge in [-0.05, 0) is 24.6 Å². The summed E-state index contributed by atoms with van der Waals surface area (Å²) >= 11 is 0. The van der Waals surface area contributed by atoms with Crippen molar-refractivity contribution in [2.75, 3.05) is 12.4 Å². The van der Waals surface area contributed by atoms with Crippen LogP contribution < -0.4 is 9.88 Å². The van der Waals surface area contributed by atoms with Crippen molar-refractivity contribution < 1.29 is 13.2 Å². The molecule has 0 bridgehead atoms. The van der Waals surface area contributed by atoms with Gasteiger partial charge in [-0.3, -0.25) is 0 Å². The molecule has 0 fully saturated rings. The van der Waals surface area contributed by atoms with Gasteiger partial charge in [0.15, 0.2) is 0 Å². The van der Waals surface area contributed by atoms with Gasteiger partial charge in [0.25, 0.3) is 0 Å². The number of aryl methyl sites for hydroxylation is 1. The summed E-state index contributed by atoms with van der Waals surface area (Å²) in [6.07, 6.45) is 0. The molecule has 0 aliphatic heterocycles. The van der Waals surface area contributed by atoms with Gasteiger partial charge >= 0.3 is 0 Å². The molecular weight excluding hydrogens is 264 g/mol. The second-order valence-corrected chi connectivity index (χ2v) is 6.97. The Morgan fingerprint density at radius 1 is 1.42 bits per heavy atom. The fourth-order valence-corrected chi connectivity index (χ4v) is 2.86. The summed E-state index contributed by atoms with van der Waals surface area (Å²) in [7, 11) is -3.54. The van der Waals surface area contributed by atoms with E-state index in [1.54, 1.807) is 32.0 Å². The molecule has 19 heavy (non-hydrogen) atoms. The molecule has 0 aromatic heterocycles. The lowest BCUT2D eigenvalue weighted by molar-refractivity contribution is 0.199. The molecule has 1 aromatic rings. The van der Waals surface area contributed by atoms with E-state index >= 15 is 0 Å². The molecule has 1 aromatic carbocycles. The van der Waals surface area contributed by atoms with E-state index < -0.39 is 15.4 Å². The van der Waals surface area contributed by atoms with Crippen LogP contribution in [0.1, 0.15) is 25.0 Å². The molecule has 0 spiro atoms. The van der Waals surface area contributed by atoms with Crippen LogP contribution in [0, 0.1) is 23.7 Å². The van der Waals surface area contributed by atoms with Crippen molar-refractivity contribution >= 4 is 10.0 Å². The van der Waals surface area contributed by atoms with Crippen LogP contribution in [0.25, 0.3) is 0 Å². The average Bonchev–Trinajstić information content (AvgIpc) is 2.25. The Morgan fingerprint density at radius 3 is 2.58 bits per heavy atom. The first-order chi connectivity index (χ1) is 8.63. The highest BCUT2D eigenvalue weighted by molar-refractivity contribution is 7.89. The number of nitrogens with two attached hydrogens (primary N) is 1. The second kappa shape index (κ2) is 5.59. The Morgan fingerprint density at radius 2 is 2.05 bits per heavy atom. The summed E-state index contributed by atoms with van der Waals surface area (Å²) < 4.78 is 27.8. The van der Waals surface area contributed by atoms with Crippen molar-refractivity contribution in [1.82, 2.24) is 0 Å². The minimum atomic E-state index is -3.54. The molecule has 0 aliphatic carbocycles. The quantitative estimate of drug-likeness (QED) is 0.886. The van der Waals surface area contributed by atoms with Gasteiger partial charge in [-0.1, -0.05) is 19.9 Å². The maximum atomic E-state index is 11.1. The summed E-state index contributed by atoms with van der Waals surface area (Å²) in [5.41, 5.74) is 0.804. The van der Waals surface area contributed by atoms with E-state index in [-0.39, 0.29) is 12.4 Å². The SMILES string of the molecule is Cc1ccc(C#N)cc1OCC(C)(C)CS(N)(=O)=O. The summed E-state index contributed by atoms with van der Waals surface area (Å²) in [6, 6.07) is 7.17. The van der Waals surface area contributed by atoms with Gasteiger partial charge in [-0.2, -0.15) is 5.26 Å². The molecule has 0 unspecified atom stereocenters. The topological polar surface area (TPSA) is 93.2 Å². The van der Waals surface area contributed by atoms with Crippen LogP contribution in [0.4, 0.5) is 0 Å². The number of primary sulfonamides is 1. The summed E-state index contributed by atoms with van der Waals surface area (Å²) in [6.45, 7) is 5.60. The van der Waals surface area contributed by atoms with E-state index in [1.165, 1.54) is 0 Å². The van der Waals surface area contributed by atoms with E-state index in [2.05, 4.69) is 0 Å². The zero-order valence-corrected chi connectivity index (χ0v) is 12.1. The minimum Gasteiger partial charge on any atom is -0.493 e. The van der Waals surface area contributed by atoms with Crippen LogP contribution in [0.15, 0.2) is 18.2 Å². The molecule has 0 heterocycles. The third-order valence-corrected chi connectivity index (χ3v) is 3.71. The third kappa shape index (κ3) is 5.28. The smallest absolute Gasteiger partial charge is 0.209 e. The molecule has 0 amide bonds. The van der Waals surface area contributed by atoms with Crippen molar-refractivity contribution in [3.8, 4) is 11.8 Å². The zero-order valence-electron chi connectivity index (χ0n) is 11.3. The second-order valence-electron chi connectivity index (χ2n) is 5.35. The highest BCUT2D eigenvalue weighted by Gasteiger charge is 2.25. The highest BCUT2D eigenvalue weighted by atomic mass is 32.2. The van der Waals surface area contributed by atoms with Gasteiger partial charge in [0.2, 0.25) is 10.0 Å². The van der Waals surface area contributed by atoms with E-state index in [4.69, 9.17) is 15.1 Å². The number of ether oxygens (including phenoxy) is 1. The van der Waals surface area contributed by atoms with Gasteiger partial charge in [-0.15, -0.1) is 0 Å². The minimum absolute atomic E-state index is 0.156. The number of hydrogen-bond acceptors (Lipinski definition) is 4. The van der Waals surface area contributed by atoms with Crippen LogP contribution in [0.2, 0.25) is 0 Å². The first-order valence-electron chi connectivity index (χ1n) is 5.77. The van der Waals surface area contributed by atoms with E-state index in [1.807, 2.05) is 13.0 Å². The lowest BCUT2D eigenvalue weighted by Gasteiger charge is -2.24. The first kappa shape index (κ1) is 15.5. The van der Waals surface area contributed by atoms with E-state index in [9.17, 15) is 8.42 Å². The molecule has 0 aliphatic rings. The Balaban J connectivity index is 2.79. The molecule has 6 heteroatoms. The Kier molecular flexibility index (Phi) is 4.56. The van der Waals surface area contributed by atoms with E-state index in [0.717, 1.165) is 5.56 Å². The predicted octanol–water partition coefficient (Wildman–Crippen LogP) is 1.56. The first-order valence-corrected chi connectivity index (χ1v) is 7.48. The van der Waals surface area contributed by atoms with Crippen LogP contribution in [0.5, 0.6) is 5.75 Å². The number of rotatable bonds is 5. The molecule has 0 saturated heterocycles. The molecule has 5 nitrogen and oxygen atoms in total. The average molecular weight is 282 g/mol. The standard InChI is InChI=1S/C13H18N2O3S/c1-10-4-5-11(7-14)6-12(10)18-8-13(2,3)9-19(15,16)17/h4-6H,8-9H2,1-3H3,(H2,15,16,17). The highest BCUT2D eigenvalue weighted by Crippen LogP contribution is 2.23. The van der Waals surface area contributed by atoms with Gasteiger partial charge in [0.05, 0.1) is 24.0 Å². The summed E-state index contributed by atoms with van der Waals surface area (Å²) in [4.78, 5) is 0. The number of nitrogens with zero attached hydrogens (tertiary/aromatic N) is 1. The number of nitriles is 1. The largest absolute Gasteiger partial charge is 0.493 e. The number of sulfonamides is 1. The molecule has 0 saturated carbocycles. The number of hydrogen-bond donors (Lipinski definition) is 1. The summed E-state index contributed by atoms with van der Waals surface area (Å²) in [5.74, 6) is 0.429. The number of benzene rings is 1. The molecule has 0 radical (unpaired) electrons. The normalized spacial score (nSPS) is 11.9. The molecular formula is C13H18N2O3S. The van der Waals surface area contributed by atoms with Crippen LogP contribution in [-0.2, 0) is 10.0 Å². The zero-order chi connectivity index (χ0) is 14.7. The van der Waals surface area contributed by atoms with Crippen LogP contribution in [0.3, 0.4) is 0 Å². The lowest BCUT2D eigenvalue weighted by atomic mass is 9.98. The third-order valence-electron chi connectivity index (χ3n) is 2.53. The van der Waals surface area contributed by atoms with Crippen LogP contribution >= 0.6 is 0 Å². The van der Waals surface area contributed by atoms with Crippen LogP contribution in [-0.4, -0.2) is 20.8 Å². The van der Waals surface area contributed by atoms with Crippen molar-refractivity contribution in [1.29, 1.82) is 5.26 Å². The Bertz CT molecular complexity index is 601. The Labute approximate surface area is 114 Å². The molecule has 2 N–H and O–H groups in total. The maximum Gasteiger partial charge on any atom is 0.209 e. The van der Waals surface area contributed by atoms with Crippen molar-refractivity contribution in [2.24, 2.45) is 10.6 Å². The molecule has 0 atom stereocenters. The van der Waals surface area contributed by atoms with E-state index in [0.29, 0.717) is 11.3 Å². The van der Waals surface area contributed by atoms with Crippen molar-refractivity contribution in [3.05, 3.63) is 29.3 Å². The lowest BCUT2D eigenvalue weighted by Crippen LogP contribution is -2.33. The fourth-order valence-electron chi connectivity index (χ4n) is 1.68. The van der Waals surface area contributed by atoms with Gasteiger partial charge in [0.1, 0.15) is 5.75 Å². The molecule has 1 rings (SSSR count). The maximum absolute atomic E-state index is 11.1. The van der Waals surface area contributed by atoms with Gasteiger partial charge in [0, 0.05) is 5.41 Å². The molecule has 104 valence electrons. The predicted molar refractivity (Wildman–Crippen MR) is 73.1 cm³/mol. The van der Waals surface area contributed by atoms with Crippen molar-refractivity contribution in [2.45, 2.75) is 20.8 Å². The van der Waals surface area contributed by atoms with Gasteiger partial charge in [-0.25, -0.2) is 13.6 Å². The van der Waals surface area contributed by atoms with Crippen molar-refractivity contribution in [3.63, 3.8) is 0 Å². The Hall–Kier alpha value is -1.58. The fraction of sp³-hybridized carbons (Fsp3) is 0.462.